The Morgan fingerprint density at radius 1 is 1.04 bits per heavy atom. The smallest absolute Gasteiger partial charge is 0.260 e. The average Bonchev–Trinajstić information content (AvgIpc) is 2.67. The van der Waals surface area contributed by atoms with E-state index in [0.29, 0.717) is 12.1 Å². The number of hydrogen-bond donors (Lipinski definition) is 0. The largest absolute Gasteiger partial charge is 0.484 e. The maximum Gasteiger partial charge on any atom is 0.260 e. The third-order valence-electron chi connectivity index (χ3n) is 5.53. The molecule has 2 fully saturated rings. The van der Waals surface area contributed by atoms with Crippen LogP contribution in [0.25, 0.3) is 0 Å². The van der Waals surface area contributed by atoms with Crippen LogP contribution in [0.1, 0.15) is 31.2 Å². The summed E-state index contributed by atoms with van der Waals surface area (Å²) in [7, 11) is 1.81. The van der Waals surface area contributed by atoms with Gasteiger partial charge in [0.1, 0.15) is 5.75 Å². The predicted molar refractivity (Wildman–Crippen MR) is 97.9 cm³/mol. The zero-order chi connectivity index (χ0) is 17.6. The molecular formula is C20H30N2O3. The van der Waals surface area contributed by atoms with Gasteiger partial charge in [0.2, 0.25) is 0 Å². The number of ether oxygens (including phenoxy) is 2. The van der Waals surface area contributed by atoms with Crippen molar-refractivity contribution in [2.45, 2.75) is 44.8 Å². The molecule has 5 nitrogen and oxygen atoms in total. The predicted octanol–water partition coefficient (Wildman–Crippen LogP) is 2.48. The van der Waals surface area contributed by atoms with Gasteiger partial charge in [-0.2, -0.15) is 0 Å². The number of nitrogens with zero attached hydrogens (tertiary/aromatic N) is 2. The highest BCUT2D eigenvalue weighted by Crippen LogP contribution is 2.22. The van der Waals surface area contributed by atoms with E-state index in [0.717, 1.165) is 57.6 Å². The van der Waals surface area contributed by atoms with Crippen LogP contribution in [0.2, 0.25) is 0 Å². The molecule has 0 bridgehead atoms. The summed E-state index contributed by atoms with van der Waals surface area (Å²) in [6, 6.07) is 8.44. The fourth-order valence-corrected chi connectivity index (χ4v) is 3.83. The molecule has 0 N–H and O–H groups in total. The van der Waals surface area contributed by atoms with Crippen molar-refractivity contribution in [3.05, 3.63) is 29.8 Å². The number of methoxy groups -OCH3 is 1. The topological polar surface area (TPSA) is 42.0 Å². The second-order valence-electron chi connectivity index (χ2n) is 7.18. The monoisotopic (exact) mass is 346 g/mol. The molecule has 25 heavy (non-hydrogen) atoms. The second-order valence-corrected chi connectivity index (χ2v) is 7.18. The summed E-state index contributed by atoms with van der Waals surface area (Å²) in [5.41, 5.74) is 1.19. The van der Waals surface area contributed by atoms with Crippen LogP contribution < -0.4 is 4.74 Å². The van der Waals surface area contributed by atoms with Crippen LogP contribution in [-0.2, 0) is 9.53 Å². The van der Waals surface area contributed by atoms with E-state index in [1.807, 2.05) is 43.2 Å². The number of aryl methyl sites for hydroxylation is 1. The van der Waals surface area contributed by atoms with E-state index in [9.17, 15) is 4.79 Å². The van der Waals surface area contributed by atoms with Gasteiger partial charge in [-0.15, -0.1) is 0 Å². The number of amides is 1. The molecule has 2 heterocycles. The van der Waals surface area contributed by atoms with Crippen LogP contribution in [0, 0.1) is 6.92 Å². The molecule has 0 aliphatic carbocycles. The number of hydrogen-bond acceptors (Lipinski definition) is 4. The maximum absolute atomic E-state index is 12.4. The standard InChI is InChI=1S/C20H30N2O3/c1-16-3-5-19(6-4-16)25-15-20(23)22-11-7-17(8-12-22)21-13-9-18(24-2)10-14-21/h3-6,17-18H,7-15H2,1-2H3. The Morgan fingerprint density at radius 3 is 2.28 bits per heavy atom. The Labute approximate surface area is 150 Å². The van der Waals surface area contributed by atoms with E-state index in [1.54, 1.807) is 0 Å². The molecule has 0 saturated carbocycles. The van der Waals surface area contributed by atoms with Crippen LogP contribution in [-0.4, -0.2) is 67.7 Å². The Morgan fingerprint density at radius 2 is 1.68 bits per heavy atom. The van der Waals surface area contributed by atoms with Gasteiger partial charge in [0.15, 0.2) is 6.61 Å². The highest BCUT2D eigenvalue weighted by atomic mass is 16.5. The van der Waals surface area contributed by atoms with Gasteiger partial charge >= 0.3 is 0 Å². The third-order valence-corrected chi connectivity index (χ3v) is 5.53. The van der Waals surface area contributed by atoms with Crippen molar-refractivity contribution in [3.63, 3.8) is 0 Å². The van der Waals surface area contributed by atoms with E-state index in [1.165, 1.54) is 5.56 Å². The molecule has 5 heteroatoms. The quantitative estimate of drug-likeness (QED) is 0.821. The number of piperidine rings is 2. The van der Waals surface area contributed by atoms with E-state index >= 15 is 0 Å². The summed E-state index contributed by atoms with van der Waals surface area (Å²) in [5.74, 6) is 0.854. The molecule has 2 aliphatic heterocycles. The molecule has 1 amide bonds. The van der Waals surface area contributed by atoms with Crippen molar-refractivity contribution in [1.29, 1.82) is 0 Å². The lowest BCUT2D eigenvalue weighted by Gasteiger charge is -2.41. The highest BCUT2D eigenvalue weighted by Gasteiger charge is 2.29. The lowest BCUT2D eigenvalue weighted by molar-refractivity contribution is -0.135. The second kappa shape index (κ2) is 8.68. The zero-order valence-electron chi connectivity index (χ0n) is 15.4. The molecule has 2 aliphatic rings. The number of carbonyl (C=O) groups is 1. The Kier molecular flexibility index (Phi) is 6.32. The maximum atomic E-state index is 12.4. The van der Waals surface area contributed by atoms with Crippen molar-refractivity contribution in [3.8, 4) is 5.75 Å². The van der Waals surface area contributed by atoms with Crippen molar-refractivity contribution < 1.29 is 14.3 Å². The van der Waals surface area contributed by atoms with Gasteiger partial charge in [-0.25, -0.2) is 0 Å². The highest BCUT2D eigenvalue weighted by molar-refractivity contribution is 5.77. The van der Waals surface area contributed by atoms with Crippen LogP contribution in [0.5, 0.6) is 5.75 Å². The van der Waals surface area contributed by atoms with Crippen LogP contribution in [0.15, 0.2) is 24.3 Å². The van der Waals surface area contributed by atoms with Crippen LogP contribution in [0.3, 0.4) is 0 Å². The molecule has 1 aromatic carbocycles. The van der Waals surface area contributed by atoms with Gasteiger partial charge in [0, 0.05) is 39.3 Å². The van der Waals surface area contributed by atoms with E-state index in [4.69, 9.17) is 9.47 Å². The molecule has 0 radical (unpaired) electrons. The van der Waals surface area contributed by atoms with E-state index in [2.05, 4.69) is 4.90 Å². The molecule has 0 aromatic heterocycles. The fourth-order valence-electron chi connectivity index (χ4n) is 3.83. The summed E-state index contributed by atoms with van der Waals surface area (Å²) < 4.78 is 11.1. The molecule has 2 saturated heterocycles. The molecule has 0 atom stereocenters. The van der Waals surface area contributed by atoms with Gasteiger partial charge < -0.3 is 19.3 Å². The van der Waals surface area contributed by atoms with Crippen LogP contribution >= 0.6 is 0 Å². The van der Waals surface area contributed by atoms with Crippen LogP contribution in [0.4, 0.5) is 0 Å². The Bertz CT molecular complexity index is 545. The lowest BCUT2D eigenvalue weighted by atomic mass is 9.99. The third kappa shape index (κ3) is 4.95. The molecular weight excluding hydrogens is 316 g/mol. The Balaban J connectivity index is 1.39. The lowest BCUT2D eigenvalue weighted by Crippen LogP contribution is -2.50. The molecule has 0 spiro atoms. The minimum Gasteiger partial charge on any atom is -0.484 e. The van der Waals surface area contributed by atoms with Crippen molar-refractivity contribution in [2.24, 2.45) is 0 Å². The average molecular weight is 346 g/mol. The van der Waals surface area contributed by atoms with Crippen molar-refractivity contribution in [2.75, 3.05) is 39.9 Å². The summed E-state index contributed by atoms with van der Waals surface area (Å²) in [4.78, 5) is 16.9. The number of benzene rings is 1. The van der Waals surface area contributed by atoms with Gasteiger partial charge in [-0.1, -0.05) is 17.7 Å². The minimum atomic E-state index is 0.0946. The summed E-state index contributed by atoms with van der Waals surface area (Å²) in [6.07, 6.45) is 4.80. The van der Waals surface area contributed by atoms with Gasteiger partial charge in [-0.05, 0) is 44.7 Å². The number of carbonyl (C=O) groups excluding carboxylic acids is 1. The molecule has 138 valence electrons. The SMILES string of the molecule is COC1CCN(C2CCN(C(=O)COc3ccc(C)cc3)CC2)CC1. The van der Waals surface area contributed by atoms with Crippen molar-refractivity contribution >= 4 is 5.91 Å². The number of rotatable bonds is 5. The summed E-state index contributed by atoms with van der Waals surface area (Å²) >= 11 is 0. The Hall–Kier alpha value is -1.59. The molecule has 3 rings (SSSR count). The zero-order valence-corrected chi connectivity index (χ0v) is 15.4. The first-order valence-electron chi connectivity index (χ1n) is 9.40. The molecule has 0 unspecified atom stereocenters. The normalized spacial score (nSPS) is 20.6. The first kappa shape index (κ1) is 18.2. The van der Waals surface area contributed by atoms with Gasteiger partial charge in [0.05, 0.1) is 6.10 Å². The van der Waals surface area contributed by atoms with Gasteiger partial charge in [-0.3, -0.25) is 4.79 Å². The summed E-state index contributed by atoms with van der Waals surface area (Å²) in [6.45, 7) is 6.08. The first-order valence-corrected chi connectivity index (χ1v) is 9.40. The minimum absolute atomic E-state index is 0.0946. The van der Waals surface area contributed by atoms with E-state index < -0.39 is 0 Å². The first-order chi connectivity index (χ1) is 12.2. The van der Waals surface area contributed by atoms with E-state index in [-0.39, 0.29) is 12.5 Å². The molecule has 1 aromatic rings. The fraction of sp³-hybridized carbons (Fsp3) is 0.650. The van der Waals surface area contributed by atoms with Crippen molar-refractivity contribution in [1.82, 2.24) is 9.80 Å². The summed E-state index contributed by atoms with van der Waals surface area (Å²) in [5, 5.41) is 0. The number of likely N-dealkylation sites (tertiary alicyclic amines) is 2. The van der Waals surface area contributed by atoms with Gasteiger partial charge in [0.25, 0.3) is 5.91 Å².